The molecular formula is C8H12O8. The average Bonchev–Trinajstić information content (AvgIpc) is 2.17. The van der Waals surface area contributed by atoms with Gasteiger partial charge in [-0.15, -0.1) is 0 Å². The summed E-state index contributed by atoms with van der Waals surface area (Å²) in [5, 5.41) is 26.1. The smallest absolute Gasteiger partial charge is 0.345 e. The molecule has 0 heterocycles. The number of rotatable bonds is 6. The first-order valence-corrected chi connectivity index (χ1v) is 4.31. The Bertz CT molecular complexity index is 286. The summed E-state index contributed by atoms with van der Waals surface area (Å²) in [4.78, 5) is 35.5. The topological polar surface area (TPSA) is 130 Å². The minimum Gasteiger partial charge on any atom is -0.479 e. The normalized spacial score (nSPS) is 13.7. The molecule has 3 N–H and O–H groups in total. The van der Waals surface area contributed by atoms with E-state index in [0.29, 0.717) is 0 Å². The van der Waals surface area contributed by atoms with E-state index >= 15 is 0 Å². The molecule has 0 spiro atoms. The van der Waals surface area contributed by atoms with Gasteiger partial charge in [0.2, 0.25) is 0 Å². The lowest BCUT2D eigenvalue weighted by Crippen LogP contribution is -2.43. The molecule has 0 saturated heterocycles. The lowest BCUT2D eigenvalue weighted by Gasteiger charge is -2.20. The Hall–Kier alpha value is -1.67. The second-order valence-corrected chi connectivity index (χ2v) is 2.96. The third-order valence-corrected chi connectivity index (χ3v) is 1.68. The van der Waals surface area contributed by atoms with Crippen LogP contribution in [-0.4, -0.2) is 45.6 Å². The van der Waals surface area contributed by atoms with Crippen LogP contribution in [0.2, 0.25) is 0 Å². The van der Waals surface area contributed by atoms with Crippen molar-refractivity contribution in [3.63, 3.8) is 0 Å². The van der Waals surface area contributed by atoms with Gasteiger partial charge in [-0.2, -0.15) is 5.26 Å². The first-order valence-electron chi connectivity index (χ1n) is 4.31. The summed E-state index contributed by atoms with van der Waals surface area (Å²) in [6.07, 6.45) is -1.97. The van der Waals surface area contributed by atoms with Crippen LogP contribution in [0.25, 0.3) is 0 Å². The molecule has 0 aliphatic rings. The zero-order valence-electron chi connectivity index (χ0n) is 8.50. The minimum absolute atomic E-state index is 0.0129. The summed E-state index contributed by atoms with van der Waals surface area (Å²) >= 11 is 0. The van der Waals surface area contributed by atoms with Gasteiger partial charge < -0.3 is 19.8 Å². The molecule has 0 aromatic rings. The van der Waals surface area contributed by atoms with E-state index in [-0.39, 0.29) is 6.61 Å². The Morgan fingerprint density at radius 1 is 1.19 bits per heavy atom. The van der Waals surface area contributed by atoms with E-state index in [9.17, 15) is 19.5 Å². The van der Waals surface area contributed by atoms with E-state index in [1.165, 1.54) is 6.92 Å². The van der Waals surface area contributed by atoms with Crippen LogP contribution in [0.15, 0.2) is 0 Å². The summed E-state index contributed by atoms with van der Waals surface area (Å²) < 4.78 is 4.43. The summed E-state index contributed by atoms with van der Waals surface area (Å²) in [7, 11) is 0. The second-order valence-electron chi connectivity index (χ2n) is 2.96. The van der Waals surface area contributed by atoms with Crippen molar-refractivity contribution < 1.29 is 39.5 Å². The molecule has 0 fully saturated rings. The Morgan fingerprint density at radius 3 is 2.06 bits per heavy atom. The van der Waals surface area contributed by atoms with Gasteiger partial charge in [-0.05, 0) is 6.92 Å². The van der Waals surface area contributed by atoms with Crippen LogP contribution in [0, 0.1) is 0 Å². The summed E-state index contributed by atoms with van der Waals surface area (Å²) in [6.45, 7) is 1.51. The van der Waals surface area contributed by atoms with Gasteiger partial charge in [0.25, 0.3) is 0 Å². The fourth-order valence-corrected chi connectivity index (χ4v) is 0.936. The third kappa shape index (κ3) is 4.24. The maximum atomic E-state index is 11.0. The Morgan fingerprint density at radius 2 is 1.69 bits per heavy atom. The summed E-state index contributed by atoms with van der Waals surface area (Å²) in [6, 6.07) is 0. The van der Waals surface area contributed by atoms with Crippen molar-refractivity contribution in [2.24, 2.45) is 0 Å². The van der Waals surface area contributed by atoms with Crippen molar-refractivity contribution in [1.82, 2.24) is 0 Å². The first kappa shape index (κ1) is 14.3. The molecule has 1 atom stereocenters. The minimum atomic E-state index is -2.65. The van der Waals surface area contributed by atoms with E-state index in [1.54, 1.807) is 0 Å². The number of aliphatic carboxylic acids is 1. The number of carboxylic acids is 1. The van der Waals surface area contributed by atoms with Gasteiger partial charge in [-0.25, -0.2) is 9.59 Å². The predicted octanol–water partition coefficient (Wildman–Crippen LogP) is -0.838. The molecule has 0 aromatic carbocycles. The van der Waals surface area contributed by atoms with Crippen LogP contribution in [0.3, 0.4) is 0 Å². The van der Waals surface area contributed by atoms with Crippen LogP contribution < -0.4 is 0 Å². The number of carbonyl (C=O) groups excluding carboxylic acids is 2. The SMILES string of the molecule is CCOC(=O)CC(O)(CC(=O)OO)C(=O)O. The van der Waals surface area contributed by atoms with E-state index in [1.807, 2.05) is 0 Å². The number of hydrogen-bond acceptors (Lipinski definition) is 7. The molecule has 0 aromatic heterocycles. The molecule has 0 rings (SSSR count). The van der Waals surface area contributed by atoms with Crippen LogP contribution in [-0.2, 0) is 24.0 Å². The van der Waals surface area contributed by atoms with Crippen LogP contribution in [0.5, 0.6) is 0 Å². The highest BCUT2D eigenvalue weighted by Gasteiger charge is 2.42. The van der Waals surface area contributed by atoms with Gasteiger partial charge in [-0.1, -0.05) is 0 Å². The molecule has 0 aliphatic carbocycles. The fourth-order valence-electron chi connectivity index (χ4n) is 0.936. The molecule has 0 bridgehead atoms. The molecule has 0 amide bonds. The molecule has 0 saturated carbocycles. The van der Waals surface area contributed by atoms with Crippen molar-refractivity contribution in [2.75, 3.05) is 6.61 Å². The molecule has 0 radical (unpaired) electrons. The molecule has 8 nitrogen and oxygen atoms in total. The van der Waals surface area contributed by atoms with Gasteiger partial charge in [0.05, 0.1) is 19.4 Å². The van der Waals surface area contributed by atoms with Gasteiger partial charge in [0.15, 0.2) is 5.60 Å². The van der Waals surface area contributed by atoms with Crippen molar-refractivity contribution in [3.8, 4) is 0 Å². The van der Waals surface area contributed by atoms with Gasteiger partial charge in [0.1, 0.15) is 0 Å². The number of carbonyl (C=O) groups is 3. The highest BCUT2D eigenvalue weighted by Crippen LogP contribution is 2.17. The number of ether oxygens (including phenoxy) is 1. The summed E-state index contributed by atoms with van der Waals surface area (Å²) in [5.41, 5.74) is -2.65. The van der Waals surface area contributed by atoms with E-state index < -0.39 is 36.4 Å². The highest BCUT2D eigenvalue weighted by atomic mass is 17.1. The molecule has 16 heavy (non-hydrogen) atoms. The zero-order chi connectivity index (χ0) is 12.8. The summed E-state index contributed by atoms with van der Waals surface area (Å²) in [5.74, 6) is -4.13. The fraction of sp³-hybridized carbons (Fsp3) is 0.625. The maximum Gasteiger partial charge on any atom is 0.345 e. The molecule has 8 heteroatoms. The lowest BCUT2D eigenvalue weighted by molar-refractivity contribution is -0.238. The molecular weight excluding hydrogens is 224 g/mol. The van der Waals surface area contributed by atoms with Gasteiger partial charge in [-0.3, -0.25) is 4.79 Å². The van der Waals surface area contributed by atoms with Crippen molar-refractivity contribution in [1.29, 1.82) is 0 Å². The third-order valence-electron chi connectivity index (χ3n) is 1.68. The monoisotopic (exact) mass is 236 g/mol. The molecule has 92 valence electrons. The Balaban J connectivity index is 4.63. The number of aliphatic hydroxyl groups is 1. The Kier molecular flexibility index (Phi) is 5.40. The standard InChI is InChI=1S/C8H12O8/c1-2-15-5(9)3-8(13,7(11)12)4-6(10)16-14/h13-14H,2-4H2,1H3,(H,11,12). The van der Waals surface area contributed by atoms with Gasteiger partial charge >= 0.3 is 17.9 Å². The maximum absolute atomic E-state index is 11.0. The van der Waals surface area contributed by atoms with Crippen LogP contribution in [0.1, 0.15) is 19.8 Å². The Labute approximate surface area is 90.3 Å². The van der Waals surface area contributed by atoms with Crippen LogP contribution >= 0.6 is 0 Å². The number of esters is 1. The molecule has 0 aliphatic heterocycles. The molecule has 1 unspecified atom stereocenters. The number of carboxylic acid groups (broad SMARTS) is 1. The van der Waals surface area contributed by atoms with Crippen molar-refractivity contribution in [3.05, 3.63) is 0 Å². The lowest BCUT2D eigenvalue weighted by atomic mass is 9.96. The average molecular weight is 236 g/mol. The van der Waals surface area contributed by atoms with E-state index in [0.717, 1.165) is 0 Å². The largest absolute Gasteiger partial charge is 0.479 e. The first-order chi connectivity index (χ1) is 7.35. The van der Waals surface area contributed by atoms with Crippen molar-refractivity contribution >= 4 is 17.9 Å². The van der Waals surface area contributed by atoms with Crippen molar-refractivity contribution in [2.45, 2.75) is 25.4 Å². The van der Waals surface area contributed by atoms with E-state index in [4.69, 9.17) is 10.4 Å². The van der Waals surface area contributed by atoms with E-state index in [2.05, 4.69) is 9.62 Å². The van der Waals surface area contributed by atoms with Crippen LogP contribution in [0.4, 0.5) is 0 Å². The highest BCUT2D eigenvalue weighted by molar-refractivity contribution is 5.88. The van der Waals surface area contributed by atoms with Gasteiger partial charge in [0, 0.05) is 0 Å². The quantitative estimate of drug-likeness (QED) is 0.309. The number of hydrogen-bond donors (Lipinski definition) is 3. The zero-order valence-corrected chi connectivity index (χ0v) is 8.50. The second kappa shape index (κ2) is 6.03. The predicted molar refractivity (Wildman–Crippen MR) is 47.2 cm³/mol.